The first kappa shape index (κ1) is 16.1. The summed E-state index contributed by atoms with van der Waals surface area (Å²) in [5.41, 5.74) is 1.10. The van der Waals surface area contributed by atoms with Crippen LogP contribution in [0.15, 0.2) is 37.0 Å². The Morgan fingerprint density at radius 3 is 2.27 bits per heavy atom. The molecule has 0 N–H and O–H groups in total. The van der Waals surface area contributed by atoms with Gasteiger partial charge in [-0.2, -0.15) is 0 Å². The molecule has 2 nitrogen and oxygen atoms in total. The zero-order valence-electron chi connectivity index (χ0n) is 10.1. The third kappa shape index (κ3) is 10.6. The minimum absolute atomic E-state index is 0.165. The number of carbonyl (C=O) groups excluding carboxylic acids is 1. The molecule has 0 aliphatic heterocycles. The Labute approximate surface area is 93.3 Å². The summed E-state index contributed by atoms with van der Waals surface area (Å²) in [7, 11) is 1.40. The Kier molecular flexibility index (Phi) is 13.6. The van der Waals surface area contributed by atoms with Crippen LogP contribution in [0.25, 0.3) is 0 Å². The maximum atomic E-state index is 10.8. The molecule has 0 unspecified atom stereocenters. The van der Waals surface area contributed by atoms with Crippen LogP contribution in [0.3, 0.4) is 0 Å². The van der Waals surface area contributed by atoms with E-state index in [1.54, 1.807) is 12.2 Å². The normalized spacial score (nSPS) is 9.67. The summed E-state index contributed by atoms with van der Waals surface area (Å²) in [6, 6.07) is 0. The van der Waals surface area contributed by atoms with E-state index in [2.05, 4.69) is 17.9 Å². The average Bonchev–Trinajstić information content (AvgIpc) is 2.30. The van der Waals surface area contributed by atoms with Crippen LogP contribution in [0.2, 0.25) is 0 Å². The van der Waals surface area contributed by atoms with Crippen molar-refractivity contribution in [2.75, 3.05) is 7.11 Å². The maximum absolute atomic E-state index is 10.8. The van der Waals surface area contributed by atoms with E-state index >= 15 is 0 Å². The third-order valence-electron chi connectivity index (χ3n) is 1.67. The molecular weight excluding hydrogens is 188 g/mol. The second-order valence-electron chi connectivity index (χ2n) is 2.61. The molecule has 0 saturated heterocycles. The quantitative estimate of drug-likeness (QED) is 0.494. The lowest BCUT2D eigenvalue weighted by Crippen LogP contribution is -1.99. The highest BCUT2D eigenvalue weighted by Gasteiger charge is 1.99. The highest BCUT2D eigenvalue weighted by molar-refractivity contribution is 5.69. The molecule has 0 amide bonds. The molecule has 0 radical (unpaired) electrons. The van der Waals surface area contributed by atoms with Crippen molar-refractivity contribution in [3.05, 3.63) is 37.0 Å². The summed E-state index contributed by atoms with van der Waals surface area (Å²) in [5.74, 6) is -0.165. The fraction of sp³-hybridized carbons (Fsp3) is 0.462. The predicted molar refractivity (Wildman–Crippen MR) is 65.7 cm³/mol. The summed E-state index contributed by atoms with van der Waals surface area (Å²) >= 11 is 0. The monoisotopic (exact) mass is 210 g/mol. The van der Waals surface area contributed by atoms with E-state index in [9.17, 15) is 4.79 Å². The molecule has 0 bridgehead atoms. The molecule has 0 spiro atoms. The van der Waals surface area contributed by atoms with Gasteiger partial charge in [-0.05, 0) is 18.4 Å². The van der Waals surface area contributed by atoms with Gasteiger partial charge in [0.05, 0.1) is 7.11 Å². The van der Waals surface area contributed by atoms with Crippen molar-refractivity contribution in [3.63, 3.8) is 0 Å². The van der Waals surface area contributed by atoms with Crippen molar-refractivity contribution >= 4 is 5.97 Å². The molecule has 0 fully saturated rings. The van der Waals surface area contributed by atoms with Crippen LogP contribution < -0.4 is 0 Å². The number of carbonyl (C=O) groups is 1. The van der Waals surface area contributed by atoms with Gasteiger partial charge in [-0.1, -0.05) is 45.2 Å². The van der Waals surface area contributed by atoms with Crippen molar-refractivity contribution in [1.82, 2.24) is 0 Å². The molecule has 0 atom stereocenters. The predicted octanol–water partition coefficient (Wildman–Crippen LogP) is 3.65. The van der Waals surface area contributed by atoms with E-state index in [0.29, 0.717) is 6.42 Å². The zero-order valence-corrected chi connectivity index (χ0v) is 10.1. The second-order valence-corrected chi connectivity index (χ2v) is 2.61. The van der Waals surface area contributed by atoms with Crippen LogP contribution in [-0.4, -0.2) is 13.1 Å². The van der Waals surface area contributed by atoms with E-state index in [1.165, 1.54) is 7.11 Å². The molecule has 0 aromatic carbocycles. The van der Waals surface area contributed by atoms with Gasteiger partial charge in [0.15, 0.2) is 0 Å². The second kappa shape index (κ2) is 12.7. The third-order valence-corrected chi connectivity index (χ3v) is 1.67. The molecule has 86 valence electrons. The van der Waals surface area contributed by atoms with Crippen molar-refractivity contribution in [3.8, 4) is 0 Å². The van der Waals surface area contributed by atoms with Gasteiger partial charge in [0.2, 0.25) is 0 Å². The Balaban J connectivity index is 0. The van der Waals surface area contributed by atoms with E-state index in [-0.39, 0.29) is 5.97 Å². The van der Waals surface area contributed by atoms with Crippen LogP contribution >= 0.6 is 0 Å². The first-order chi connectivity index (χ1) is 7.24. The van der Waals surface area contributed by atoms with Gasteiger partial charge in [-0.3, -0.25) is 4.79 Å². The maximum Gasteiger partial charge on any atom is 0.305 e. The minimum Gasteiger partial charge on any atom is -0.469 e. The summed E-state index contributed by atoms with van der Waals surface area (Å²) in [5, 5.41) is 0. The number of allylic oxidation sites excluding steroid dienone is 4. The molecule has 0 aliphatic rings. The fourth-order valence-corrected chi connectivity index (χ4v) is 0.944. The smallest absolute Gasteiger partial charge is 0.305 e. The van der Waals surface area contributed by atoms with E-state index < -0.39 is 0 Å². The lowest BCUT2D eigenvalue weighted by molar-refractivity contribution is -0.140. The largest absolute Gasteiger partial charge is 0.469 e. The van der Waals surface area contributed by atoms with Crippen LogP contribution in [0.4, 0.5) is 0 Å². The van der Waals surface area contributed by atoms with Crippen molar-refractivity contribution in [2.45, 2.75) is 33.1 Å². The Bertz CT molecular complexity index is 215. The first-order valence-corrected chi connectivity index (χ1v) is 5.25. The standard InChI is InChI=1S/C11H16O2.C2H6/c1-4-7-10(5-2)8-6-9-11(12)13-3;1-2/h4-5,7H,1-2,6,8-9H2,3H3;1-2H3/b10-7+;. The van der Waals surface area contributed by atoms with Gasteiger partial charge < -0.3 is 4.74 Å². The number of rotatable bonds is 6. The van der Waals surface area contributed by atoms with Crippen LogP contribution in [0.5, 0.6) is 0 Å². The SMILES string of the molecule is C=C/C=C(\C=C)CCCC(=O)OC.CC. The Morgan fingerprint density at radius 1 is 1.27 bits per heavy atom. The molecule has 0 saturated carbocycles. The summed E-state index contributed by atoms with van der Waals surface area (Å²) < 4.78 is 4.52. The summed E-state index contributed by atoms with van der Waals surface area (Å²) in [6.45, 7) is 11.3. The van der Waals surface area contributed by atoms with Gasteiger partial charge in [0.25, 0.3) is 0 Å². The van der Waals surface area contributed by atoms with Gasteiger partial charge in [-0.15, -0.1) is 0 Å². The van der Waals surface area contributed by atoms with Gasteiger partial charge in [0.1, 0.15) is 0 Å². The molecule has 0 heterocycles. The molecule has 2 heteroatoms. The van der Waals surface area contributed by atoms with E-state index in [4.69, 9.17) is 0 Å². The summed E-state index contributed by atoms with van der Waals surface area (Å²) in [6.07, 6.45) is 7.47. The zero-order chi connectivity index (χ0) is 12.1. The van der Waals surface area contributed by atoms with Crippen LogP contribution in [-0.2, 0) is 9.53 Å². The number of hydrogen-bond acceptors (Lipinski definition) is 2. The van der Waals surface area contributed by atoms with Crippen molar-refractivity contribution in [2.24, 2.45) is 0 Å². The molecule has 15 heavy (non-hydrogen) atoms. The highest BCUT2D eigenvalue weighted by atomic mass is 16.5. The highest BCUT2D eigenvalue weighted by Crippen LogP contribution is 2.08. The number of ether oxygens (including phenoxy) is 1. The lowest BCUT2D eigenvalue weighted by Gasteiger charge is -2.00. The average molecular weight is 210 g/mol. The number of esters is 1. The van der Waals surface area contributed by atoms with Crippen LogP contribution in [0, 0.1) is 0 Å². The Morgan fingerprint density at radius 2 is 1.87 bits per heavy atom. The molecule has 0 aliphatic carbocycles. The number of hydrogen-bond donors (Lipinski definition) is 0. The van der Waals surface area contributed by atoms with E-state index in [1.807, 2.05) is 19.9 Å². The van der Waals surface area contributed by atoms with Gasteiger partial charge in [0, 0.05) is 6.42 Å². The van der Waals surface area contributed by atoms with Crippen molar-refractivity contribution < 1.29 is 9.53 Å². The fourth-order valence-electron chi connectivity index (χ4n) is 0.944. The van der Waals surface area contributed by atoms with Gasteiger partial charge in [-0.25, -0.2) is 0 Å². The first-order valence-electron chi connectivity index (χ1n) is 5.25. The number of methoxy groups -OCH3 is 1. The molecule has 0 rings (SSSR count). The van der Waals surface area contributed by atoms with E-state index in [0.717, 1.165) is 18.4 Å². The topological polar surface area (TPSA) is 26.3 Å². The van der Waals surface area contributed by atoms with Gasteiger partial charge >= 0.3 is 5.97 Å². The minimum atomic E-state index is -0.165. The molecule has 0 aromatic heterocycles. The van der Waals surface area contributed by atoms with Crippen LogP contribution in [0.1, 0.15) is 33.1 Å². The van der Waals surface area contributed by atoms with Crippen molar-refractivity contribution in [1.29, 1.82) is 0 Å². The Hall–Kier alpha value is -1.31. The lowest BCUT2D eigenvalue weighted by atomic mass is 10.1. The molecule has 0 aromatic rings. The summed E-state index contributed by atoms with van der Waals surface area (Å²) in [4.78, 5) is 10.8. The molecular formula is C13H22O2.